The number of alkyl halides is 3. The van der Waals surface area contributed by atoms with Crippen molar-refractivity contribution in [3.63, 3.8) is 0 Å². The summed E-state index contributed by atoms with van der Waals surface area (Å²) < 4.78 is 46.9. The van der Waals surface area contributed by atoms with Crippen LogP contribution in [0.5, 0.6) is 11.5 Å². The van der Waals surface area contributed by atoms with Gasteiger partial charge < -0.3 is 14.8 Å². The molecule has 0 fully saturated rings. The van der Waals surface area contributed by atoms with Crippen LogP contribution in [0.1, 0.15) is 21.1 Å². The molecule has 0 spiro atoms. The summed E-state index contributed by atoms with van der Waals surface area (Å²) in [5.74, 6) is -0.507. The molecule has 0 atom stereocenters. The number of anilines is 1. The van der Waals surface area contributed by atoms with Gasteiger partial charge >= 0.3 is 6.36 Å². The van der Waals surface area contributed by atoms with Crippen molar-refractivity contribution in [2.75, 3.05) is 5.32 Å². The Labute approximate surface area is 162 Å². The van der Waals surface area contributed by atoms with E-state index in [1.807, 2.05) is 12.3 Å². The molecule has 0 bridgehead atoms. The number of thiazole rings is 1. The maximum absolute atomic E-state index is 12.5. The zero-order valence-corrected chi connectivity index (χ0v) is 15.4. The highest BCUT2D eigenvalue weighted by Gasteiger charge is 2.32. The fourth-order valence-corrected chi connectivity index (χ4v) is 2.98. The first-order chi connectivity index (χ1) is 13.3. The molecule has 1 aromatic heterocycles. The summed E-state index contributed by atoms with van der Waals surface area (Å²) in [4.78, 5) is 16.6. The minimum atomic E-state index is -4.85. The molecule has 0 aliphatic carbocycles. The van der Waals surface area contributed by atoms with Crippen LogP contribution in [0.3, 0.4) is 0 Å². The predicted octanol–water partition coefficient (Wildman–Crippen LogP) is 5.18. The summed E-state index contributed by atoms with van der Waals surface area (Å²) in [5, 5.41) is 5.17. The van der Waals surface area contributed by atoms with Crippen LogP contribution in [0.15, 0.2) is 53.9 Å². The topological polar surface area (TPSA) is 60.5 Å². The van der Waals surface area contributed by atoms with Crippen LogP contribution >= 0.6 is 11.3 Å². The first kappa shape index (κ1) is 19.7. The molecule has 5 nitrogen and oxygen atoms in total. The first-order valence-corrected chi connectivity index (χ1v) is 8.98. The Kier molecular flexibility index (Phi) is 5.84. The van der Waals surface area contributed by atoms with Crippen LogP contribution in [0.2, 0.25) is 0 Å². The zero-order valence-electron chi connectivity index (χ0n) is 14.6. The number of hydrogen-bond donors (Lipinski definition) is 1. The lowest BCUT2D eigenvalue weighted by Gasteiger charge is -2.14. The van der Waals surface area contributed by atoms with Crippen molar-refractivity contribution in [1.82, 2.24) is 4.98 Å². The van der Waals surface area contributed by atoms with Gasteiger partial charge in [-0.3, -0.25) is 4.79 Å². The van der Waals surface area contributed by atoms with Gasteiger partial charge in [-0.15, -0.1) is 24.5 Å². The van der Waals surface area contributed by atoms with E-state index in [2.05, 4.69) is 15.0 Å². The van der Waals surface area contributed by atoms with Gasteiger partial charge in [-0.05, 0) is 43.3 Å². The number of ether oxygens (including phenoxy) is 2. The van der Waals surface area contributed by atoms with Gasteiger partial charge in [0.05, 0.1) is 5.69 Å². The van der Waals surface area contributed by atoms with Crippen molar-refractivity contribution < 1.29 is 27.4 Å². The molecule has 0 saturated carbocycles. The fraction of sp³-hybridized carbons (Fsp3) is 0.158. The largest absolute Gasteiger partial charge is 0.573 e. The quantitative estimate of drug-likeness (QED) is 0.610. The van der Waals surface area contributed by atoms with Gasteiger partial charge in [-0.1, -0.05) is 12.1 Å². The summed E-state index contributed by atoms with van der Waals surface area (Å²) in [5.41, 5.74) is 1.11. The molecule has 1 amide bonds. The molecular weight excluding hydrogens is 393 g/mol. The van der Waals surface area contributed by atoms with Gasteiger partial charge in [-0.2, -0.15) is 0 Å². The number of carbonyl (C=O) groups is 1. The molecular formula is C19H15F3N2O3S. The number of benzene rings is 2. The predicted molar refractivity (Wildman–Crippen MR) is 98.7 cm³/mol. The van der Waals surface area contributed by atoms with Gasteiger partial charge in [0.1, 0.15) is 17.4 Å². The Bertz CT molecular complexity index is 956. The molecule has 0 saturated heterocycles. The number of halogens is 3. The smallest absolute Gasteiger partial charge is 0.486 e. The van der Waals surface area contributed by atoms with Gasteiger partial charge in [-0.25, -0.2) is 4.98 Å². The lowest BCUT2D eigenvalue weighted by molar-refractivity contribution is -0.274. The molecule has 146 valence electrons. The molecule has 3 aromatic rings. The summed E-state index contributed by atoms with van der Waals surface area (Å²) in [7, 11) is 0. The standard InChI is InChI=1S/C19H15F3N2O3S/c1-12-11-28-17(23-12)10-26-14-8-6-13(7-9-14)18(25)24-15-4-2-3-5-16(15)27-19(20,21)22/h2-9,11H,10H2,1H3,(H,24,25). The molecule has 0 unspecified atom stereocenters. The number of carbonyl (C=O) groups excluding carboxylic acids is 1. The lowest BCUT2D eigenvalue weighted by Crippen LogP contribution is -2.19. The van der Waals surface area contributed by atoms with Gasteiger partial charge in [0.15, 0.2) is 5.75 Å². The Hall–Kier alpha value is -3.07. The zero-order chi connectivity index (χ0) is 20.1. The first-order valence-electron chi connectivity index (χ1n) is 8.10. The normalized spacial score (nSPS) is 11.1. The van der Waals surface area contributed by atoms with Crippen molar-refractivity contribution in [2.45, 2.75) is 19.9 Å². The second-order valence-electron chi connectivity index (χ2n) is 5.69. The van der Waals surface area contributed by atoms with E-state index in [1.165, 1.54) is 41.7 Å². The van der Waals surface area contributed by atoms with E-state index < -0.39 is 18.0 Å². The van der Waals surface area contributed by atoms with Crippen LogP contribution < -0.4 is 14.8 Å². The highest BCUT2D eigenvalue weighted by atomic mass is 32.1. The highest BCUT2D eigenvalue weighted by Crippen LogP contribution is 2.30. The van der Waals surface area contributed by atoms with Gasteiger partial charge in [0.25, 0.3) is 5.91 Å². The van der Waals surface area contributed by atoms with Gasteiger partial charge in [0.2, 0.25) is 0 Å². The minimum Gasteiger partial charge on any atom is -0.486 e. The van der Waals surface area contributed by atoms with E-state index in [0.717, 1.165) is 16.8 Å². The molecule has 2 aromatic carbocycles. The molecule has 9 heteroatoms. The molecule has 0 aliphatic heterocycles. The highest BCUT2D eigenvalue weighted by molar-refractivity contribution is 7.09. The van der Waals surface area contributed by atoms with E-state index in [4.69, 9.17) is 4.74 Å². The number of hydrogen-bond acceptors (Lipinski definition) is 5. The molecule has 1 heterocycles. The van der Waals surface area contributed by atoms with Crippen molar-refractivity contribution in [3.05, 3.63) is 70.2 Å². The van der Waals surface area contributed by atoms with Crippen molar-refractivity contribution in [1.29, 1.82) is 0 Å². The maximum atomic E-state index is 12.5. The van der Waals surface area contributed by atoms with Gasteiger partial charge in [0, 0.05) is 16.6 Å². The van der Waals surface area contributed by atoms with Crippen LogP contribution in [0, 0.1) is 6.92 Å². The van der Waals surface area contributed by atoms with Crippen molar-refractivity contribution >= 4 is 22.9 Å². The van der Waals surface area contributed by atoms with Crippen molar-refractivity contribution in [3.8, 4) is 11.5 Å². The van der Waals surface area contributed by atoms with Crippen LogP contribution in [-0.4, -0.2) is 17.3 Å². The van der Waals surface area contributed by atoms with E-state index in [-0.39, 0.29) is 11.3 Å². The van der Waals surface area contributed by atoms with Crippen LogP contribution in [-0.2, 0) is 6.61 Å². The number of para-hydroxylation sites is 2. The SMILES string of the molecule is Cc1csc(COc2ccc(C(=O)Nc3ccccc3OC(F)(F)F)cc2)n1. The number of amides is 1. The average Bonchev–Trinajstić information content (AvgIpc) is 3.06. The maximum Gasteiger partial charge on any atom is 0.573 e. The summed E-state index contributed by atoms with van der Waals surface area (Å²) in [6.45, 7) is 2.21. The molecule has 0 aliphatic rings. The summed E-state index contributed by atoms with van der Waals surface area (Å²) in [6, 6.07) is 11.6. The minimum absolute atomic E-state index is 0.0794. The number of rotatable bonds is 6. The van der Waals surface area contributed by atoms with Crippen molar-refractivity contribution in [2.24, 2.45) is 0 Å². The summed E-state index contributed by atoms with van der Waals surface area (Å²) in [6.07, 6.45) is -4.85. The third kappa shape index (κ3) is 5.46. The second kappa shape index (κ2) is 8.30. The third-order valence-corrected chi connectivity index (χ3v) is 4.45. The number of nitrogens with one attached hydrogen (secondary N) is 1. The Morgan fingerprint density at radius 2 is 1.86 bits per heavy atom. The number of nitrogens with zero attached hydrogens (tertiary/aromatic N) is 1. The van der Waals surface area contributed by atoms with E-state index in [9.17, 15) is 18.0 Å². The average molecular weight is 408 g/mol. The number of aryl methyl sites for hydroxylation is 1. The molecule has 28 heavy (non-hydrogen) atoms. The van der Waals surface area contributed by atoms with Crippen LogP contribution in [0.4, 0.5) is 18.9 Å². The van der Waals surface area contributed by atoms with Crippen LogP contribution in [0.25, 0.3) is 0 Å². The molecule has 3 rings (SSSR count). The van der Waals surface area contributed by atoms with E-state index >= 15 is 0 Å². The summed E-state index contributed by atoms with van der Waals surface area (Å²) >= 11 is 1.49. The Morgan fingerprint density at radius 1 is 1.14 bits per heavy atom. The number of aromatic nitrogens is 1. The van der Waals surface area contributed by atoms with E-state index in [1.54, 1.807) is 12.1 Å². The third-order valence-electron chi connectivity index (χ3n) is 3.51. The molecule has 1 N–H and O–H groups in total. The fourth-order valence-electron chi connectivity index (χ4n) is 2.29. The Balaban J connectivity index is 1.63. The lowest BCUT2D eigenvalue weighted by atomic mass is 10.2. The second-order valence-corrected chi connectivity index (χ2v) is 6.64. The van der Waals surface area contributed by atoms with E-state index in [0.29, 0.717) is 12.4 Å². The monoisotopic (exact) mass is 408 g/mol. The molecule has 0 radical (unpaired) electrons. The Morgan fingerprint density at radius 3 is 2.50 bits per heavy atom.